The smallest absolute Gasteiger partial charge is 0.292 e. The molecule has 1 aromatic rings. The number of guanidine groups is 1. The zero-order valence-corrected chi connectivity index (χ0v) is 12.7. The maximum Gasteiger partial charge on any atom is 0.292 e. The average Bonchev–Trinajstić information content (AvgIpc) is 2.46. The van der Waals surface area contributed by atoms with E-state index in [4.69, 9.17) is 0 Å². The van der Waals surface area contributed by atoms with Crippen LogP contribution in [0.1, 0.15) is 13.8 Å². The van der Waals surface area contributed by atoms with Crippen molar-refractivity contribution in [3.8, 4) is 0 Å². The maximum atomic E-state index is 10.9. The van der Waals surface area contributed by atoms with Gasteiger partial charge in [0.15, 0.2) is 5.96 Å². The number of rotatable bonds is 7. The topological polar surface area (TPSA) is 91.6 Å². The van der Waals surface area contributed by atoms with Crippen LogP contribution in [0.25, 0.3) is 0 Å². The summed E-state index contributed by atoms with van der Waals surface area (Å²) in [5, 5.41) is 20.3. The van der Waals surface area contributed by atoms with Crippen molar-refractivity contribution in [1.82, 2.24) is 10.6 Å². The lowest BCUT2D eigenvalue weighted by Crippen LogP contribution is -2.41. The molecule has 0 amide bonds. The van der Waals surface area contributed by atoms with E-state index in [2.05, 4.69) is 34.8 Å². The Morgan fingerprint density at radius 2 is 2.00 bits per heavy atom. The van der Waals surface area contributed by atoms with Crippen LogP contribution in [0.4, 0.5) is 11.4 Å². The minimum absolute atomic E-state index is 0.0832. The quantitative estimate of drug-likeness (QED) is 0.234. The molecule has 116 valence electrons. The Bertz CT molecular complexity index is 488. The molecule has 7 heteroatoms. The molecule has 0 heterocycles. The number of nitro benzene ring substituents is 1. The Balaban J connectivity index is 2.39. The van der Waals surface area contributed by atoms with Gasteiger partial charge in [-0.05, 0) is 12.0 Å². The van der Waals surface area contributed by atoms with Crippen LogP contribution in [0.5, 0.6) is 0 Å². The first-order chi connectivity index (χ1) is 10.0. The second-order valence-electron chi connectivity index (χ2n) is 4.97. The molecule has 0 saturated carbocycles. The molecular formula is C14H23N5O2. The highest BCUT2D eigenvalue weighted by Gasteiger charge is 2.11. The second kappa shape index (κ2) is 8.78. The lowest BCUT2D eigenvalue weighted by atomic mass is 10.2. The van der Waals surface area contributed by atoms with Crippen molar-refractivity contribution in [3.05, 3.63) is 34.4 Å². The molecule has 0 aliphatic heterocycles. The van der Waals surface area contributed by atoms with E-state index in [1.807, 2.05) is 0 Å². The molecular weight excluding hydrogens is 270 g/mol. The SMILES string of the molecule is CN=C(NCCNc1ccccc1[N+](=O)[O-])NCC(C)C. The number of benzene rings is 1. The van der Waals surface area contributed by atoms with Crippen LogP contribution in [-0.4, -0.2) is 37.6 Å². The molecule has 0 spiro atoms. The molecule has 0 aliphatic rings. The zero-order valence-electron chi connectivity index (χ0n) is 12.7. The van der Waals surface area contributed by atoms with Crippen molar-refractivity contribution in [3.63, 3.8) is 0 Å². The van der Waals surface area contributed by atoms with Gasteiger partial charge in [-0.15, -0.1) is 0 Å². The number of nitro groups is 1. The molecule has 21 heavy (non-hydrogen) atoms. The van der Waals surface area contributed by atoms with Crippen molar-refractivity contribution >= 4 is 17.3 Å². The number of anilines is 1. The summed E-state index contributed by atoms with van der Waals surface area (Å²) in [5.41, 5.74) is 0.606. The van der Waals surface area contributed by atoms with Gasteiger partial charge in [-0.1, -0.05) is 26.0 Å². The standard InChI is InChI=1S/C14H23N5O2/c1-11(2)10-18-14(15-3)17-9-8-16-12-6-4-5-7-13(12)19(20)21/h4-7,11,16H,8-10H2,1-3H3,(H2,15,17,18). The molecule has 0 bridgehead atoms. The summed E-state index contributed by atoms with van der Waals surface area (Å²) >= 11 is 0. The van der Waals surface area contributed by atoms with E-state index >= 15 is 0 Å². The molecule has 0 aliphatic carbocycles. The summed E-state index contributed by atoms with van der Waals surface area (Å²) < 4.78 is 0. The van der Waals surface area contributed by atoms with Crippen LogP contribution >= 0.6 is 0 Å². The Morgan fingerprint density at radius 3 is 2.62 bits per heavy atom. The van der Waals surface area contributed by atoms with Crippen LogP contribution in [0.15, 0.2) is 29.3 Å². The summed E-state index contributed by atoms with van der Waals surface area (Å²) in [6.07, 6.45) is 0. The van der Waals surface area contributed by atoms with Gasteiger partial charge in [-0.25, -0.2) is 0 Å². The van der Waals surface area contributed by atoms with Gasteiger partial charge in [0.05, 0.1) is 4.92 Å². The van der Waals surface area contributed by atoms with Gasteiger partial charge in [-0.3, -0.25) is 15.1 Å². The fraction of sp³-hybridized carbons (Fsp3) is 0.500. The molecule has 3 N–H and O–H groups in total. The first-order valence-corrected chi connectivity index (χ1v) is 6.96. The highest BCUT2D eigenvalue weighted by atomic mass is 16.6. The summed E-state index contributed by atoms with van der Waals surface area (Å²) in [4.78, 5) is 14.6. The highest BCUT2D eigenvalue weighted by molar-refractivity contribution is 5.79. The van der Waals surface area contributed by atoms with Gasteiger partial charge < -0.3 is 16.0 Å². The molecule has 7 nitrogen and oxygen atoms in total. The first kappa shape index (κ1) is 16.7. The number of hydrogen-bond acceptors (Lipinski definition) is 4. The number of nitrogens with zero attached hydrogens (tertiary/aromatic N) is 2. The third-order valence-electron chi connectivity index (χ3n) is 2.74. The van der Waals surface area contributed by atoms with E-state index in [-0.39, 0.29) is 10.6 Å². The fourth-order valence-electron chi connectivity index (χ4n) is 1.68. The van der Waals surface area contributed by atoms with Crippen molar-refractivity contribution in [1.29, 1.82) is 0 Å². The van der Waals surface area contributed by atoms with E-state index in [0.717, 1.165) is 12.5 Å². The van der Waals surface area contributed by atoms with E-state index in [0.29, 0.717) is 24.7 Å². The second-order valence-corrected chi connectivity index (χ2v) is 4.97. The van der Waals surface area contributed by atoms with E-state index in [9.17, 15) is 10.1 Å². The Labute approximate surface area is 125 Å². The predicted molar refractivity (Wildman–Crippen MR) is 85.8 cm³/mol. The van der Waals surface area contributed by atoms with Crippen molar-refractivity contribution in [2.75, 3.05) is 32.0 Å². The minimum Gasteiger partial charge on any atom is -0.378 e. The van der Waals surface area contributed by atoms with Crippen LogP contribution in [0, 0.1) is 16.0 Å². The number of para-hydroxylation sites is 2. The van der Waals surface area contributed by atoms with Gasteiger partial charge >= 0.3 is 0 Å². The molecule has 0 fully saturated rings. The molecule has 0 saturated heterocycles. The average molecular weight is 293 g/mol. The van der Waals surface area contributed by atoms with Gasteiger partial charge in [0.1, 0.15) is 5.69 Å². The van der Waals surface area contributed by atoms with E-state index in [1.54, 1.807) is 25.2 Å². The monoisotopic (exact) mass is 293 g/mol. The Hall–Kier alpha value is -2.31. The lowest BCUT2D eigenvalue weighted by Gasteiger charge is -2.14. The molecule has 0 atom stereocenters. The fourth-order valence-corrected chi connectivity index (χ4v) is 1.68. The highest BCUT2D eigenvalue weighted by Crippen LogP contribution is 2.22. The summed E-state index contributed by atoms with van der Waals surface area (Å²) in [7, 11) is 1.71. The predicted octanol–water partition coefficient (Wildman–Crippen LogP) is 1.83. The van der Waals surface area contributed by atoms with E-state index < -0.39 is 0 Å². The normalized spacial score (nSPS) is 11.3. The number of hydrogen-bond donors (Lipinski definition) is 3. The summed E-state index contributed by atoms with van der Waals surface area (Å²) in [6.45, 7) is 6.26. The third kappa shape index (κ3) is 6.11. The lowest BCUT2D eigenvalue weighted by molar-refractivity contribution is -0.384. The minimum atomic E-state index is -0.390. The van der Waals surface area contributed by atoms with Crippen molar-refractivity contribution < 1.29 is 4.92 Å². The number of aliphatic imine (C=N–C) groups is 1. The summed E-state index contributed by atoms with van der Waals surface area (Å²) in [5.74, 6) is 1.27. The third-order valence-corrected chi connectivity index (χ3v) is 2.74. The van der Waals surface area contributed by atoms with Gasteiger partial charge in [0.2, 0.25) is 0 Å². The van der Waals surface area contributed by atoms with Crippen LogP contribution < -0.4 is 16.0 Å². The van der Waals surface area contributed by atoms with Crippen LogP contribution in [0.3, 0.4) is 0 Å². The van der Waals surface area contributed by atoms with Crippen LogP contribution in [-0.2, 0) is 0 Å². The Morgan fingerprint density at radius 1 is 1.29 bits per heavy atom. The van der Waals surface area contributed by atoms with Gasteiger partial charge in [-0.2, -0.15) is 0 Å². The van der Waals surface area contributed by atoms with Gasteiger partial charge in [0.25, 0.3) is 5.69 Å². The molecule has 0 aromatic heterocycles. The maximum absolute atomic E-state index is 10.9. The molecule has 0 unspecified atom stereocenters. The molecule has 1 aromatic carbocycles. The zero-order chi connectivity index (χ0) is 15.7. The van der Waals surface area contributed by atoms with Crippen molar-refractivity contribution in [2.45, 2.75) is 13.8 Å². The van der Waals surface area contributed by atoms with E-state index in [1.165, 1.54) is 6.07 Å². The van der Waals surface area contributed by atoms with Crippen LogP contribution in [0.2, 0.25) is 0 Å². The Kier molecular flexibility index (Phi) is 7.00. The molecule has 0 radical (unpaired) electrons. The molecule has 1 rings (SSSR count). The summed E-state index contributed by atoms with van der Waals surface area (Å²) in [6, 6.07) is 6.61. The largest absolute Gasteiger partial charge is 0.378 e. The number of nitrogens with one attached hydrogen (secondary N) is 3. The first-order valence-electron chi connectivity index (χ1n) is 6.96. The van der Waals surface area contributed by atoms with Crippen molar-refractivity contribution in [2.24, 2.45) is 10.9 Å². The van der Waals surface area contributed by atoms with Gasteiger partial charge in [0, 0.05) is 32.7 Å².